The lowest BCUT2D eigenvalue weighted by Crippen LogP contribution is -1.89. The summed E-state index contributed by atoms with van der Waals surface area (Å²) in [6, 6.07) is 1.96. The molecular formula is C9H10N2O. The van der Waals surface area contributed by atoms with Crippen LogP contribution in [-0.2, 0) is 0 Å². The van der Waals surface area contributed by atoms with Crippen LogP contribution in [0.15, 0.2) is 10.5 Å². The molecule has 2 aromatic heterocycles. The van der Waals surface area contributed by atoms with Crippen molar-refractivity contribution in [3.63, 3.8) is 0 Å². The van der Waals surface area contributed by atoms with Crippen molar-refractivity contribution >= 4 is 11.1 Å². The highest BCUT2D eigenvalue weighted by Gasteiger charge is 2.05. The van der Waals surface area contributed by atoms with E-state index in [0.717, 1.165) is 22.7 Å². The number of hydrogen-bond acceptors (Lipinski definition) is 3. The molecule has 0 spiro atoms. The minimum absolute atomic E-state index is 0.692. The molecule has 0 N–H and O–H groups in total. The molecule has 62 valence electrons. The van der Waals surface area contributed by atoms with E-state index >= 15 is 0 Å². The van der Waals surface area contributed by atoms with Gasteiger partial charge in [-0.05, 0) is 26.8 Å². The van der Waals surface area contributed by atoms with E-state index in [1.54, 1.807) is 0 Å². The first-order valence-electron chi connectivity index (χ1n) is 3.88. The van der Waals surface area contributed by atoms with Gasteiger partial charge in [0.1, 0.15) is 11.6 Å². The number of aryl methyl sites for hydroxylation is 3. The fourth-order valence-corrected chi connectivity index (χ4v) is 1.32. The van der Waals surface area contributed by atoms with E-state index in [9.17, 15) is 0 Å². The third-order valence-corrected chi connectivity index (χ3v) is 1.82. The molecule has 0 radical (unpaired) electrons. The topological polar surface area (TPSA) is 38.9 Å². The first-order valence-corrected chi connectivity index (χ1v) is 3.88. The zero-order chi connectivity index (χ0) is 8.72. The minimum Gasteiger partial charge on any atom is -0.443 e. The van der Waals surface area contributed by atoms with Crippen LogP contribution >= 0.6 is 0 Å². The lowest BCUT2D eigenvalue weighted by molar-refractivity contribution is 0.565. The van der Waals surface area contributed by atoms with Gasteiger partial charge in [-0.3, -0.25) is 0 Å². The predicted molar refractivity (Wildman–Crippen MR) is 46.0 cm³/mol. The van der Waals surface area contributed by atoms with Crippen LogP contribution in [0.1, 0.15) is 17.3 Å². The second kappa shape index (κ2) is 2.30. The molecule has 0 saturated carbocycles. The van der Waals surface area contributed by atoms with Gasteiger partial charge in [0.05, 0.1) is 11.1 Å². The van der Waals surface area contributed by atoms with Crippen LogP contribution in [0.2, 0.25) is 0 Å². The van der Waals surface area contributed by atoms with Crippen LogP contribution in [0.4, 0.5) is 0 Å². The van der Waals surface area contributed by atoms with E-state index in [-0.39, 0.29) is 0 Å². The maximum absolute atomic E-state index is 5.38. The Balaban J connectivity index is 2.88. The smallest absolute Gasteiger partial charge is 0.229 e. The van der Waals surface area contributed by atoms with Crippen molar-refractivity contribution in [3.8, 4) is 0 Å². The van der Waals surface area contributed by atoms with Gasteiger partial charge in [0.2, 0.25) is 5.71 Å². The summed E-state index contributed by atoms with van der Waals surface area (Å²) < 4.78 is 5.38. The standard InChI is InChI=1S/C9H10N2O/c1-5-4-8-6(2)10-7(3)11-9(8)12-5/h4H,1-3H3. The van der Waals surface area contributed by atoms with Gasteiger partial charge in [-0.15, -0.1) is 0 Å². The molecule has 0 unspecified atom stereocenters. The van der Waals surface area contributed by atoms with E-state index in [0.29, 0.717) is 5.71 Å². The lowest BCUT2D eigenvalue weighted by atomic mass is 10.3. The molecule has 0 aliphatic heterocycles. The van der Waals surface area contributed by atoms with E-state index in [4.69, 9.17) is 4.42 Å². The van der Waals surface area contributed by atoms with Gasteiger partial charge in [0.25, 0.3) is 0 Å². The Morgan fingerprint density at radius 1 is 1.17 bits per heavy atom. The largest absolute Gasteiger partial charge is 0.443 e. The first kappa shape index (κ1) is 7.28. The monoisotopic (exact) mass is 162 g/mol. The van der Waals surface area contributed by atoms with Gasteiger partial charge in [-0.2, -0.15) is 4.98 Å². The highest BCUT2D eigenvalue weighted by Crippen LogP contribution is 2.18. The quantitative estimate of drug-likeness (QED) is 0.595. The molecule has 0 saturated heterocycles. The Hall–Kier alpha value is -1.38. The maximum atomic E-state index is 5.38. The normalized spacial score (nSPS) is 10.9. The summed E-state index contributed by atoms with van der Waals surface area (Å²) in [5.41, 5.74) is 1.67. The second-order valence-corrected chi connectivity index (χ2v) is 2.93. The number of rotatable bonds is 0. The summed E-state index contributed by atoms with van der Waals surface area (Å²) in [6.07, 6.45) is 0. The first-order chi connectivity index (χ1) is 5.66. The highest BCUT2D eigenvalue weighted by atomic mass is 16.3. The van der Waals surface area contributed by atoms with Crippen molar-refractivity contribution in [2.75, 3.05) is 0 Å². The summed E-state index contributed by atoms with van der Waals surface area (Å²) in [7, 11) is 0. The van der Waals surface area contributed by atoms with Crippen molar-refractivity contribution in [2.45, 2.75) is 20.8 Å². The van der Waals surface area contributed by atoms with Crippen LogP contribution in [0, 0.1) is 20.8 Å². The van der Waals surface area contributed by atoms with Crippen LogP contribution in [0.3, 0.4) is 0 Å². The number of hydrogen-bond donors (Lipinski definition) is 0. The summed E-state index contributed by atoms with van der Waals surface area (Å²) in [6.45, 7) is 5.74. The third kappa shape index (κ3) is 0.978. The van der Waals surface area contributed by atoms with Crippen molar-refractivity contribution in [1.82, 2.24) is 9.97 Å². The molecule has 0 bridgehead atoms. The van der Waals surface area contributed by atoms with Crippen molar-refractivity contribution in [1.29, 1.82) is 0 Å². The fraction of sp³-hybridized carbons (Fsp3) is 0.333. The highest BCUT2D eigenvalue weighted by molar-refractivity contribution is 5.76. The van der Waals surface area contributed by atoms with Gasteiger partial charge < -0.3 is 4.42 Å². The molecule has 2 aromatic rings. The lowest BCUT2D eigenvalue weighted by Gasteiger charge is -1.94. The Morgan fingerprint density at radius 3 is 2.67 bits per heavy atom. The van der Waals surface area contributed by atoms with Crippen LogP contribution < -0.4 is 0 Å². The third-order valence-electron chi connectivity index (χ3n) is 1.82. The number of aromatic nitrogens is 2. The molecule has 0 aromatic carbocycles. The molecule has 0 aliphatic carbocycles. The van der Waals surface area contributed by atoms with Crippen LogP contribution in [0.25, 0.3) is 11.1 Å². The molecule has 2 rings (SSSR count). The molecule has 0 amide bonds. The molecule has 0 fully saturated rings. The summed E-state index contributed by atoms with van der Waals surface area (Å²) in [4.78, 5) is 8.42. The Kier molecular flexibility index (Phi) is 1.40. The summed E-state index contributed by atoms with van der Waals surface area (Å²) >= 11 is 0. The van der Waals surface area contributed by atoms with E-state index in [1.165, 1.54) is 0 Å². The average Bonchev–Trinajstić information content (AvgIpc) is 2.29. The molecule has 3 nitrogen and oxygen atoms in total. The number of fused-ring (bicyclic) bond motifs is 1. The van der Waals surface area contributed by atoms with Crippen molar-refractivity contribution < 1.29 is 4.42 Å². The Bertz CT molecular complexity index is 431. The average molecular weight is 162 g/mol. The van der Waals surface area contributed by atoms with Gasteiger partial charge >= 0.3 is 0 Å². The van der Waals surface area contributed by atoms with Crippen molar-refractivity contribution in [3.05, 3.63) is 23.3 Å². The fourth-order valence-electron chi connectivity index (χ4n) is 1.32. The zero-order valence-corrected chi connectivity index (χ0v) is 7.38. The molecule has 12 heavy (non-hydrogen) atoms. The van der Waals surface area contributed by atoms with Gasteiger partial charge in [-0.1, -0.05) is 0 Å². The molecule has 0 atom stereocenters. The van der Waals surface area contributed by atoms with E-state index in [1.807, 2.05) is 26.8 Å². The van der Waals surface area contributed by atoms with Crippen molar-refractivity contribution in [2.24, 2.45) is 0 Å². The van der Waals surface area contributed by atoms with Gasteiger partial charge in [-0.25, -0.2) is 4.98 Å². The molecular weight excluding hydrogens is 152 g/mol. The van der Waals surface area contributed by atoms with Gasteiger partial charge in [0, 0.05) is 0 Å². The van der Waals surface area contributed by atoms with E-state index < -0.39 is 0 Å². The second-order valence-electron chi connectivity index (χ2n) is 2.93. The molecule has 0 aliphatic rings. The van der Waals surface area contributed by atoms with Crippen LogP contribution in [-0.4, -0.2) is 9.97 Å². The molecule has 3 heteroatoms. The zero-order valence-electron chi connectivity index (χ0n) is 7.38. The SMILES string of the molecule is Cc1nc(C)c2cc(C)oc2n1. The number of nitrogens with zero attached hydrogens (tertiary/aromatic N) is 2. The summed E-state index contributed by atoms with van der Waals surface area (Å²) in [5, 5.41) is 1.01. The Labute approximate surface area is 70.4 Å². The summed E-state index contributed by atoms with van der Waals surface area (Å²) in [5.74, 6) is 1.64. The maximum Gasteiger partial charge on any atom is 0.229 e. The number of furan rings is 1. The predicted octanol–water partition coefficient (Wildman–Crippen LogP) is 2.15. The molecule has 2 heterocycles. The minimum atomic E-state index is 0.692. The van der Waals surface area contributed by atoms with Crippen LogP contribution in [0.5, 0.6) is 0 Å². The van der Waals surface area contributed by atoms with E-state index in [2.05, 4.69) is 9.97 Å². The Morgan fingerprint density at radius 2 is 1.92 bits per heavy atom. The van der Waals surface area contributed by atoms with Gasteiger partial charge in [0.15, 0.2) is 0 Å².